The molecule has 0 heterocycles. The highest BCUT2D eigenvalue weighted by molar-refractivity contribution is 7.47. The molecule has 0 aliphatic carbocycles. The van der Waals surface area contributed by atoms with E-state index in [1.165, 1.54) is 64.2 Å². The van der Waals surface area contributed by atoms with E-state index >= 15 is 0 Å². The summed E-state index contributed by atoms with van der Waals surface area (Å²) in [4.78, 5) is 35.1. The van der Waals surface area contributed by atoms with Gasteiger partial charge in [0.15, 0.2) is 6.10 Å². The molecule has 11 heteroatoms. The number of aliphatic hydroxyl groups is 2. The predicted molar refractivity (Wildman–Crippen MR) is 242 cm³/mol. The molecule has 0 spiro atoms. The molecule has 0 aliphatic rings. The highest BCUT2D eigenvalue weighted by Gasteiger charge is 2.27. The molecule has 0 bridgehead atoms. The van der Waals surface area contributed by atoms with Crippen LogP contribution in [0.15, 0.2) is 72.9 Å². The molecular weight excluding hydrogens is 767 g/mol. The standard InChI is InChI=1S/C48H83O10P/c1-3-5-7-9-11-13-15-17-19-21-22-24-26-28-30-32-34-36-38-40-48(52)58-46(44-57-59(53,54)56-42-45(50)41-49)43-55-47(51)39-37-35-33-31-29-27-25-23-20-18-16-14-12-10-8-6-4-2/h5,7,11,13,17-20,22,24,28,30,45-46,49-50H,3-4,6,8-10,12,14-16,21,23,25-27,29,31-44H2,1-2H3,(H,53,54)/b7-5+,13-11+,19-17+,20-18+,24-22+,30-28+/t45-,46+/m0/s1. The molecule has 0 saturated heterocycles. The van der Waals surface area contributed by atoms with Gasteiger partial charge in [-0.3, -0.25) is 18.6 Å². The van der Waals surface area contributed by atoms with Crippen molar-refractivity contribution >= 4 is 19.8 Å². The maximum Gasteiger partial charge on any atom is 0.472 e. The molecule has 0 saturated carbocycles. The number of carbonyl (C=O) groups is 2. The molecule has 10 nitrogen and oxygen atoms in total. The number of phosphoric acid groups is 1. The molecule has 0 amide bonds. The van der Waals surface area contributed by atoms with E-state index in [2.05, 4.69) is 86.8 Å². The smallest absolute Gasteiger partial charge is 0.462 e. The highest BCUT2D eigenvalue weighted by atomic mass is 31.2. The van der Waals surface area contributed by atoms with E-state index < -0.39 is 51.8 Å². The van der Waals surface area contributed by atoms with Crippen LogP contribution in [0.2, 0.25) is 0 Å². The Balaban J connectivity index is 4.35. The van der Waals surface area contributed by atoms with Gasteiger partial charge in [-0.1, -0.05) is 157 Å². The first-order valence-corrected chi connectivity index (χ1v) is 24.4. The van der Waals surface area contributed by atoms with Gasteiger partial charge in [0.25, 0.3) is 0 Å². The number of carbonyl (C=O) groups excluding carboxylic acids is 2. The molecule has 0 fully saturated rings. The monoisotopic (exact) mass is 851 g/mol. The van der Waals surface area contributed by atoms with E-state index in [4.69, 9.17) is 23.6 Å². The van der Waals surface area contributed by atoms with Gasteiger partial charge in [-0.25, -0.2) is 4.57 Å². The molecular formula is C48H83O10P. The Kier molecular flexibility index (Phi) is 41.6. The second kappa shape index (κ2) is 43.5. The fourth-order valence-electron chi connectivity index (χ4n) is 5.84. The van der Waals surface area contributed by atoms with E-state index in [-0.39, 0.29) is 19.4 Å². The quantitative estimate of drug-likeness (QED) is 0.0234. The van der Waals surface area contributed by atoms with Gasteiger partial charge in [0.2, 0.25) is 0 Å². The van der Waals surface area contributed by atoms with Crippen molar-refractivity contribution in [3.63, 3.8) is 0 Å². The Morgan fingerprint density at radius 3 is 1.44 bits per heavy atom. The summed E-state index contributed by atoms with van der Waals surface area (Å²) in [6, 6.07) is 0. The number of rotatable bonds is 42. The van der Waals surface area contributed by atoms with Gasteiger partial charge in [-0.15, -0.1) is 0 Å². The number of ether oxygens (including phenoxy) is 2. The van der Waals surface area contributed by atoms with Crippen LogP contribution in [0.4, 0.5) is 0 Å². The normalized spacial score (nSPS) is 14.5. The van der Waals surface area contributed by atoms with Crippen LogP contribution in [-0.4, -0.2) is 65.7 Å². The van der Waals surface area contributed by atoms with Crippen molar-refractivity contribution in [2.24, 2.45) is 0 Å². The van der Waals surface area contributed by atoms with Crippen LogP contribution >= 0.6 is 7.82 Å². The van der Waals surface area contributed by atoms with E-state index in [0.717, 1.165) is 77.0 Å². The van der Waals surface area contributed by atoms with Crippen molar-refractivity contribution in [2.45, 2.75) is 193 Å². The van der Waals surface area contributed by atoms with Crippen LogP contribution in [-0.2, 0) is 32.7 Å². The molecule has 340 valence electrons. The summed E-state index contributed by atoms with van der Waals surface area (Å²) in [6.45, 7) is 2.22. The predicted octanol–water partition coefficient (Wildman–Crippen LogP) is 12.4. The van der Waals surface area contributed by atoms with Crippen molar-refractivity contribution in [3.05, 3.63) is 72.9 Å². The molecule has 3 atom stereocenters. The Morgan fingerprint density at radius 2 is 0.932 bits per heavy atom. The van der Waals surface area contributed by atoms with Crippen LogP contribution in [0.5, 0.6) is 0 Å². The second-order valence-corrected chi connectivity index (χ2v) is 16.5. The van der Waals surface area contributed by atoms with Gasteiger partial charge in [0.05, 0.1) is 19.8 Å². The van der Waals surface area contributed by atoms with Crippen molar-refractivity contribution in [1.82, 2.24) is 0 Å². The van der Waals surface area contributed by atoms with Crippen LogP contribution < -0.4 is 0 Å². The third-order valence-corrected chi connectivity index (χ3v) is 10.3. The molecule has 0 aromatic carbocycles. The van der Waals surface area contributed by atoms with Crippen molar-refractivity contribution in [1.29, 1.82) is 0 Å². The van der Waals surface area contributed by atoms with Crippen LogP contribution in [0.3, 0.4) is 0 Å². The minimum Gasteiger partial charge on any atom is -0.462 e. The van der Waals surface area contributed by atoms with Gasteiger partial charge < -0.3 is 24.6 Å². The molecule has 0 radical (unpaired) electrons. The maximum absolute atomic E-state index is 12.6. The molecule has 0 aliphatic heterocycles. The average Bonchev–Trinajstić information content (AvgIpc) is 3.22. The summed E-state index contributed by atoms with van der Waals surface area (Å²) in [7, 11) is -4.63. The topological polar surface area (TPSA) is 149 Å². The van der Waals surface area contributed by atoms with Gasteiger partial charge in [0.1, 0.15) is 12.7 Å². The van der Waals surface area contributed by atoms with Crippen molar-refractivity contribution < 1.29 is 47.8 Å². The first kappa shape index (κ1) is 56.4. The first-order chi connectivity index (χ1) is 28.7. The van der Waals surface area contributed by atoms with E-state index in [0.29, 0.717) is 12.8 Å². The molecule has 59 heavy (non-hydrogen) atoms. The summed E-state index contributed by atoms with van der Waals surface area (Å²) in [5.74, 6) is -0.971. The molecule has 3 N–H and O–H groups in total. The van der Waals surface area contributed by atoms with Gasteiger partial charge in [-0.2, -0.15) is 0 Å². The van der Waals surface area contributed by atoms with Crippen LogP contribution in [0.1, 0.15) is 181 Å². The van der Waals surface area contributed by atoms with E-state index in [1.54, 1.807) is 0 Å². The molecule has 0 rings (SSSR count). The van der Waals surface area contributed by atoms with Crippen LogP contribution in [0, 0.1) is 0 Å². The van der Waals surface area contributed by atoms with Gasteiger partial charge in [-0.05, 0) is 83.5 Å². The largest absolute Gasteiger partial charge is 0.472 e. The summed E-state index contributed by atoms with van der Waals surface area (Å²) >= 11 is 0. The lowest BCUT2D eigenvalue weighted by Gasteiger charge is -2.20. The third-order valence-electron chi connectivity index (χ3n) is 9.34. The van der Waals surface area contributed by atoms with E-state index in [9.17, 15) is 24.2 Å². The van der Waals surface area contributed by atoms with Gasteiger partial charge >= 0.3 is 19.8 Å². The second-order valence-electron chi connectivity index (χ2n) is 15.0. The lowest BCUT2D eigenvalue weighted by Crippen LogP contribution is -2.29. The minimum atomic E-state index is -4.63. The van der Waals surface area contributed by atoms with Crippen molar-refractivity contribution in [2.75, 3.05) is 26.4 Å². The fraction of sp³-hybridized carbons (Fsp3) is 0.708. The van der Waals surface area contributed by atoms with Crippen LogP contribution in [0.25, 0.3) is 0 Å². The zero-order valence-electron chi connectivity index (χ0n) is 36.9. The zero-order valence-corrected chi connectivity index (χ0v) is 37.8. The maximum atomic E-state index is 12.6. The highest BCUT2D eigenvalue weighted by Crippen LogP contribution is 2.43. The minimum absolute atomic E-state index is 0.141. The number of allylic oxidation sites excluding steroid dienone is 12. The Hall–Kier alpha value is -2.59. The molecule has 0 aromatic rings. The van der Waals surface area contributed by atoms with Gasteiger partial charge in [0, 0.05) is 12.8 Å². The number of esters is 2. The fourth-order valence-corrected chi connectivity index (χ4v) is 6.63. The average molecular weight is 851 g/mol. The Labute approximate surface area is 358 Å². The van der Waals surface area contributed by atoms with Crippen molar-refractivity contribution in [3.8, 4) is 0 Å². The van der Waals surface area contributed by atoms with E-state index in [1.807, 2.05) is 0 Å². The number of hydrogen-bond donors (Lipinski definition) is 3. The molecule has 0 aromatic heterocycles. The third kappa shape index (κ3) is 43.3. The summed E-state index contributed by atoms with van der Waals surface area (Å²) in [5, 5.41) is 18.4. The first-order valence-electron chi connectivity index (χ1n) is 22.9. The zero-order chi connectivity index (χ0) is 43.3. The number of phosphoric ester groups is 1. The Morgan fingerprint density at radius 1 is 0.525 bits per heavy atom. The summed E-state index contributed by atoms with van der Waals surface area (Å²) in [6.07, 6.45) is 50.1. The summed E-state index contributed by atoms with van der Waals surface area (Å²) in [5.41, 5.74) is 0. The summed E-state index contributed by atoms with van der Waals surface area (Å²) < 4.78 is 32.7. The molecule has 1 unspecified atom stereocenters. The Bertz CT molecular complexity index is 1210. The number of hydrogen-bond acceptors (Lipinski definition) is 9. The lowest BCUT2D eigenvalue weighted by molar-refractivity contribution is -0.161. The SMILES string of the molecule is CC/C=C/C/C=C/C/C=C/C/C=C/C/C=C/CCCCCC(=O)O[C@H](COC(=O)CCCCCCCCC/C=C/CCCCCCCC)COP(=O)(O)OC[C@@H](O)CO. The number of aliphatic hydroxyl groups excluding tert-OH is 2. The lowest BCUT2D eigenvalue weighted by atomic mass is 10.1. The number of unbranched alkanes of at least 4 members (excludes halogenated alkanes) is 16.